The van der Waals surface area contributed by atoms with Gasteiger partial charge in [-0.25, -0.2) is 4.79 Å². The van der Waals surface area contributed by atoms with Crippen LogP contribution in [-0.4, -0.2) is 41.0 Å². The maximum Gasteiger partial charge on any atom is 0.410 e. The Hall–Kier alpha value is -4.50. The van der Waals surface area contributed by atoms with Crippen LogP contribution in [-0.2, 0) is 45.4 Å². The fourth-order valence-electron chi connectivity index (χ4n) is 5.79. The Kier molecular flexibility index (Phi) is 10.1. The first-order valence-electron chi connectivity index (χ1n) is 14.6. The van der Waals surface area contributed by atoms with Crippen molar-refractivity contribution in [2.45, 2.75) is 50.7 Å². The molecule has 1 fully saturated rings. The number of methoxy groups -OCH3 is 1. The second kappa shape index (κ2) is 14.3. The lowest BCUT2D eigenvalue weighted by Gasteiger charge is -2.50. The van der Waals surface area contributed by atoms with E-state index in [9.17, 15) is 14.7 Å². The van der Waals surface area contributed by atoms with Crippen LogP contribution in [0.3, 0.4) is 0 Å². The highest BCUT2D eigenvalue weighted by atomic mass is 16.7. The van der Waals surface area contributed by atoms with Crippen molar-refractivity contribution in [2.75, 3.05) is 7.11 Å². The number of hydrogen-bond donors (Lipinski definition) is 1. The summed E-state index contributed by atoms with van der Waals surface area (Å²) in [7, 11) is 1.57. The van der Waals surface area contributed by atoms with Crippen molar-refractivity contribution < 1.29 is 33.6 Å². The Morgan fingerprint density at radius 3 is 1.66 bits per heavy atom. The first kappa shape index (κ1) is 30.9. The van der Waals surface area contributed by atoms with Gasteiger partial charge in [0.2, 0.25) is 11.5 Å². The van der Waals surface area contributed by atoms with Crippen molar-refractivity contribution in [3.63, 3.8) is 0 Å². The first-order chi connectivity index (χ1) is 21.5. The molecule has 4 aromatic rings. The van der Waals surface area contributed by atoms with Gasteiger partial charge in [0.05, 0.1) is 39.4 Å². The summed E-state index contributed by atoms with van der Waals surface area (Å²) < 4.78 is 25.5. The summed E-state index contributed by atoms with van der Waals surface area (Å²) in [5.41, 5.74) is 1.56. The molecule has 1 N–H and O–H groups in total. The zero-order valence-corrected chi connectivity index (χ0v) is 24.7. The van der Waals surface area contributed by atoms with Gasteiger partial charge in [-0.2, -0.15) is 0 Å². The van der Waals surface area contributed by atoms with E-state index in [4.69, 9.17) is 18.9 Å². The fraction of sp³-hybridized carbons (Fsp3) is 0.278. The Morgan fingerprint density at radius 2 is 1.23 bits per heavy atom. The van der Waals surface area contributed by atoms with Crippen LogP contribution in [0.5, 0.6) is 5.75 Å². The molecule has 44 heavy (non-hydrogen) atoms. The van der Waals surface area contributed by atoms with Crippen molar-refractivity contribution in [3.05, 3.63) is 138 Å². The molecule has 0 saturated heterocycles. The third-order valence-electron chi connectivity index (χ3n) is 8.07. The number of amides is 1. The number of ether oxygens (including phenoxy) is 4. The number of hydrogen-bond acceptors (Lipinski definition) is 6. The van der Waals surface area contributed by atoms with E-state index in [1.807, 2.05) is 103 Å². The molecule has 0 radical (unpaired) electrons. The molecule has 8 nitrogen and oxygen atoms in total. The molecule has 0 aliphatic heterocycles. The Labute approximate surface area is 257 Å². The van der Waals surface area contributed by atoms with Crippen molar-refractivity contribution in [1.29, 1.82) is 0 Å². The smallest absolute Gasteiger partial charge is 0.410 e. The van der Waals surface area contributed by atoms with Crippen LogP contribution in [0.2, 0.25) is 0 Å². The highest BCUT2D eigenvalue weighted by Crippen LogP contribution is 2.52. The summed E-state index contributed by atoms with van der Waals surface area (Å²) in [5.74, 6) is -1.94. The molecule has 228 valence electrons. The van der Waals surface area contributed by atoms with E-state index in [0.717, 1.165) is 23.0 Å². The molecule has 8 heteroatoms. The van der Waals surface area contributed by atoms with E-state index in [1.165, 1.54) is 4.90 Å². The number of aldehydes is 1. The summed E-state index contributed by atoms with van der Waals surface area (Å²) in [6, 6.07) is 35.7. The van der Waals surface area contributed by atoms with Crippen LogP contribution in [0.1, 0.15) is 35.1 Å². The van der Waals surface area contributed by atoms with Crippen LogP contribution in [0.15, 0.2) is 115 Å². The van der Waals surface area contributed by atoms with E-state index < -0.39 is 23.5 Å². The fourth-order valence-corrected chi connectivity index (χ4v) is 5.79. The summed E-state index contributed by atoms with van der Waals surface area (Å²) in [6.07, 6.45) is 0.0528. The number of carboxylic acid groups (broad SMARTS) is 1. The van der Waals surface area contributed by atoms with Crippen LogP contribution >= 0.6 is 0 Å². The topological polar surface area (TPSA) is 94.5 Å². The molecule has 0 spiro atoms. The standard InChI is InChI=1S/C36H37NO7/c1-41-33-19-17-28(18-20-33)23-37(34(39)40)35(42-25-29-11-5-2-6-12-29)22-21-32(24-38)36(35,43-26-30-13-7-3-8-14-30)44-27-31-15-9-4-10-16-31/h2-20,24,32H,21-23,25-27H2,1H3,(H,39,40). The van der Waals surface area contributed by atoms with E-state index in [-0.39, 0.29) is 32.8 Å². The molecule has 0 bridgehead atoms. The van der Waals surface area contributed by atoms with Crippen molar-refractivity contribution in [2.24, 2.45) is 5.92 Å². The third kappa shape index (κ3) is 6.68. The lowest BCUT2D eigenvalue weighted by atomic mass is 9.96. The average Bonchev–Trinajstić information content (AvgIpc) is 3.39. The molecule has 1 aliphatic carbocycles. The van der Waals surface area contributed by atoms with E-state index in [0.29, 0.717) is 17.7 Å². The average molecular weight is 596 g/mol. The molecular weight excluding hydrogens is 558 g/mol. The van der Waals surface area contributed by atoms with Gasteiger partial charge < -0.3 is 28.8 Å². The second-order valence-corrected chi connectivity index (χ2v) is 10.8. The summed E-state index contributed by atoms with van der Waals surface area (Å²) in [6.45, 7) is 0.188. The largest absolute Gasteiger partial charge is 0.497 e. The van der Waals surface area contributed by atoms with Gasteiger partial charge in [0, 0.05) is 6.42 Å². The van der Waals surface area contributed by atoms with Gasteiger partial charge in [0.1, 0.15) is 12.0 Å². The molecule has 0 heterocycles. The zero-order valence-electron chi connectivity index (χ0n) is 24.7. The van der Waals surface area contributed by atoms with Crippen molar-refractivity contribution in [3.8, 4) is 5.75 Å². The van der Waals surface area contributed by atoms with Gasteiger partial charge in [-0.05, 0) is 40.8 Å². The number of nitrogens with zero attached hydrogens (tertiary/aromatic N) is 1. The Balaban J connectivity index is 1.63. The minimum absolute atomic E-state index is 0.0369. The second-order valence-electron chi connectivity index (χ2n) is 10.8. The lowest BCUT2D eigenvalue weighted by Crippen LogP contribution is -2.68. The molecule has 4 aromatic carbocycles. The van der Waals surface area contributed by atoms with Crippen LogP contribution in [0.4, 0.5) is 4.79 Å². The number of rotatable bonds is 14. The van der Waals surface area contributed by atoms with Crippen molar-refractivity contribution >= 4 is 12.4 Å². The lowest BCUT2D eigenvalue weighted by molar-refractivity contribution is -0.373. The number of carbonyl (C=O) groups is 2. The Morgan fingerprint density at radius 1 is 0.750 bits per heavy atom. The maximum absolute atomic E-state index is 13.3. The van der Waals surface area contributed by atoms with Crippen LogP contribution in [0.25, 0.3) is 0 Å². The van der Waals surface area contributed by atoms with Gasteiger partial charge in [0.15, 0.2) is 0 Å². The minimum atomic E-state index is -1.78. The molecule has 5 rings (SSSR count). The summed E-state index contributed by atoms with van der Waals surface area (Å²) >= 11 is 0. The highest BCUT2D eigenvalue weighted by Gasteiger charge is 2.68. The SMILES string of the molecule is COc1ccc(CN(C(=O)O)C2(OCc3ccccc3)CCC(C=O)C2(OCc2ccccc2)OCc2ccccc2)cc1. The van der Waals surface area contributed by atoms with Crippen LogP contribution in [0, 0.1) is 5.92 Å². The van der Waals surface area contributed by atoms with E-state index in [2.05, 4.69) is 0 Å². The zero-order chi connectivity index (χ0) is 30.8. The predicted molar refractivity (Wildman–Crippen MR) is 165 cm³/mol. The maximum atomic E-state index is 13.3. The number of carbonyl (C=O) groups excluding carboxylic acids is 1. The van der Waals surface area contributed by atoms with Crippen LogP contribution < -0.4 is 4.74 Å². The van der Waals surface area contributed by atoms with E-state index >= 15 is 0 Å². The van der Waals surface area contributed by atoms with Gasteiger partial charge >= 0.3 is 6.09 Å². The first-order valence-corrected chi connectivity index (χ1v) is 14.6. The molecule has 1 aliphatic rings. The summed E-state index contributed by atoms with van der Waals surface area (Å²) in [5, 5.41) is 10.8. The van der Waals surface area contributed by atoms with Gasteiger partial charge in [0.25, 0.3) is 0 Å². The molecule has 0 aromatic heterocycles. The molecule has 2 atom stereocenters. The van der Waals surface area contributed by atoms with Gasteiger partial charge in [-0.15, -0.1) is 0 Å². The normalized spacial score (nSPS) is 18.9. The van der Waals surface area contributed by atoms with Gasteiger partial charge in [-0.1, -0.05) is 103 Å². The third-order valence-corrected chi connectivity index (χ3v) is 8.07. The monoisotopic (exact) mass is 595 g/mol. The molecule has 1 amide bonds. The quantitative estimate of drug-likeness (QED) is 0.126. The minimum Gasteiger partial charge on any atom is -0.497 e. The molecule has 1 saturated carbocycles. The predicted octanol–water partition coefficient (Wildman–Crippen LogP) is 6.83. The highest BCUT2D eigenvalue weighted by molar-refractivity contribution is 5.67. The van der Waals surface area contributed by atoms with Gasteiger partial charge in [-0.3, -0.25) is 4.90 Å². The van der Waals surface area contributed by atoms with Crippen molar-refractivity contribution in [1.82, 2.24) is 4.90 Å². The molecule has 2 unspecified atom stereocenters. The summed E-state index contributed by atoms with van der Waals surface area (Å²) in [4.78, 5) is 27.4. The Bertz CT molecular complexity index is 1440. The van der Waals surface area contributed by atoms with E-state index in [1.54, 1.807) is 19.2 Å². The number of benzene rings is 4. The molecular formula is C36H37NO7.